The molecule has 0 atom stereocenters. The summed E-state index contributed by atoms with van der Waals surface area (Å²) < 4.78 is 5.29. The molecule has 2 aromatic carbocycles. The van der Waals surface area contributed by atoms with Crippen molar-refractivity contribution in [1.82, 2.24) is 0 Å². The van der Waals surface area contributed by atoms with Gasteiger partial charge < -0.3 is 4.74 Å². The molecule has 98 valence electrons. The summed E-state index contributed by atoms with van der Waals surface area (Å²) in [6.07, 6.45) is 1.21. The average Bonchev–Trinajstić information content (AvgIpc) is 2.45. The van der Waals surface area contributed by atoms with Crippen molar-refractivity contribution in [2.24, 2.45) is 0 Å². The van der Waals surface area contributed by atoms with E-state index in [2.05, 4.69) is 0 Å². The standard InChI is InChI=1S/C17H18O2/c1-13-6-5-8-15(12-13)16(18)11-10-14-7-3-4-9-17(14)19-2/h3-9,12H,10-11H2,1-2H3. The predicted octanol–water partition coefficient (Wildman–Crippen LogP) is 3.82. The van der Waals surface area contributed by atoms with Gasteiger partial charge in [0, 0.05) is 12.0 Å². The van der Waals surface area contributed by atoms with Crippen LogP contribution >= 0.6 is 0 Å². The monoisotopic (exact) mass is 254 g/mol. The third-order valence-corrected chi connectivity index (χ3v) is 3.15. The fourth-order valence-electron chi connectivity index (χ4n) is 2.12. The van der Waals surface area contributed by atoms with E-state index in [1.807, 2.05) is 55.5 Å². The van der Waals surface area contributed by atoms with Gasteiger partial charge in [0.2, 0.25) is 0 Å². The number of para-hydroxylation sites is 1. The molecule has 2 rings (SSSR count). The minimum absolute atomic E-state index is 0.176. The lowest BCUT2D eigenvalue weighted by molar-refractivity contribution is 0.0982. The maximum absolute atomic E-state index is 12.1. The van der Waals surface area contributed by atoms with E-state index in [1.54, 1.807) is 7.11 Å². The van der Waals surface area contributed by atoms with Crippen LogP contribution in [-0.4, -0.2) is 12.9 Å². The summed E-state index contributed by atoms with van der Waals surface area (Å²) in [4.78, 5) is 12.1. The molecule has 0 fully saturated rings. The Morgan fingerprint density at radius 2 is 1.89 bits per heavy atom. The van der Waals surface area contributed by atoms with Crippen LogP contribution in [0.5, 0.6) is 5.75 Å². The Balaban J connectivity index is 2.04. The van der Waals surface area contributed by atoms with E-state index in [-0.39, 0.29) is 5.78 Å². The van der Waals surface area contributed by atoms with Gasteiger partial charge in [0.25, 0.3) is 0 Å². The molecular formula is C17H18O2. The van der Waals surface area contributed by atoms with Crippen LogP contribution in [-0.2, 0) is 6.42 Å². The highest BCUT2D eigenvalue weighted by Crippen LogP contribution is 2.19. The second-order valence-corrected chi connectivity index (χ2v) is 4.60. The van der Waals surface area contributed by atoms with Crippen LogP contribution in [0.3, 0.4) is 0 Å². The van der Waals surface area contributed by atoms with Gasteiger partial charge in [-0.3, -0.25) is 4.79 Å². The molecule has 0 bridgehead atoms. The molecule has 0 unspecified atom stereocenters. The fourth-order valence-corrected chi connectivity index (χ4v) is 2.12. The zero-order valence-corrected chi connectivity index (χ0v) is 11.3. The van der Waals surface area contributed by atoms with Crippen molar-refractivity contribution in [3.05, 3.63) is 65.2 Å². The maximum atomic E-state index is 12.1. The first kappa shape index (κ1) is 13.3. The Hall–Kier alpha value is -2.09. The second-order valence-electron chi connectivity index (χ2n) is 4.60. The van der Waals surface area contributed by atoms with Crippen LogP contribution in [0.25, 0.3) is 0 Å². The van der Waals surface area contributed by atoms with Crippen LogP contribution in [0.2, 0.25) is 0 Å². The molecule has 0 N–H and O–H groups in total. The number of Topliss-reactive ketones (excluding diaryl/α,β-unsaturated/α-hetero) is 1. The number of methoxy groups -OCH3 is 1. The van der Waals surface area contributed by atoms with Gasteiger partial charge in [-0.25, -0.2) is 0 Å². The van der Waals surface area contributed by atoms with Gasteiger partial charge in [-0.15, -0.1) is 0 Å². The van der Waals surface area contributed by atoms with E-state index >= 15 is 0 Å². The highest BCUT2D eigenvalue weighted by molar-refractivity contribution is 5.96. The lowest BCUT2D eigenvalue weighted by atomic mass is 10.0. The minimum Gasteiger partial charge on any atom is -0.496 e. The van der Waals surface area contributed by atoms with Crippen molar-refractivity contribution in [3.8, 4) is 5.75 Å². The van der Waals surface area contributed by atoms with E-state index in [0.717, 1.165) is 22.4 Å². The molecule has 0 amide bonds. The van der Waals surface area contributed by atoms with E-state index in [4.69, 9.17) is 4.74 Å². The zero-order valence-electron chi connectivity index (χ0n) is 11.3. The predicted molar refractivity (Wildman–Crippen MR) is 76.8 cm³/mol. The smallest absolute Gasteiger partial charge is 0.163 e. The molecule has 0 saturated carbocycles. The number of benzene rings is 2. The molecule has 0 aromatic heterocycles. The Labute approximate surface area is 114 Å². The molecule has 2 nitrogen and oxygen atoms in total. The number of ketones is 1. The highest BCUT2D eigenvalue weighted by Gasteiger charge is 2.08. The van der Waals surface area contributed by atoms with E-state index in [0.29, 0.717) is 12.8 Å². The number of rotatable bonds is 5. The lowest BCUT2D eigenvalue weighted by Gasteiger charge is -2.07. The molecule has 0 heterocycles. The Morgan fingerprint density at radius 3 is 2.63 bits per heavy atom. The number of ether oxygens (including phenoxy) is 1. The molecule has 2 heteroatoms. The highest BCUT2D eigenvalue weighted by atomic mass is 16.5. The largest absolute Gasteiger partial charge is 0.496 e. The van der Waals surface area contributed by atoms with Gasteiger partial charge in [-0.2, -0.15) is 0 Å². The first-order valence-electron chi connectivity index (χ1n) is 6.42. The quantitative estimate of drug-likeness (QED) is 0.758. The van der Waals surface area contributed by atoms with Crippen molar-refractivity contribution < 1.29 is 9.53 Å². The van der Waals surface area contributed by atoms with Crippen molar-refractivity contribution in [2.75, 3.05) is 7.11 Å². The zero-order chi connectivity index (χ0) is 13.7. The summed E-state index contributed by atoms with van der Waals surface area (Å²) in [6.45, 7) is 2.00. The molecule has 0 aliphatic heterocycles. The van der Waals surface area contributed by atoms with Gasteiger partial charge in [-0.05, 0) is 31.0 Å². The van der Waals surface area contributed by atoms with Crippen molar-refractivity contribution >= 4 is 5.78 Å². The summed E-state index contributed by atoms with van der Waals surface area (Å²) in [7, 11) is 1.65. The first-order chi connectivity index (χ1) is 9.20. The summed E-state index contributed by atoms with van der Waals surface area (Å²) >= 11 is 0. The number of hydrogen-bond donors (Lipinski definition) is 0. The SMILES string of the molecule is COc1ccccc1CCC(=O)c1cccc(C)c1. The molecule has 19 heavy (non-hydrogen) atoms. The van der Waals surface area contributed by atoms with Crippen LogP contribution in [0, 0.1) is 6.92 Å². The van der Waals surface area contributed by atoms with Gasteiger partial charge in [-0.1, -0.05) is 42.0 Å². The minimum atomic E-state index is 0.176. The fraction of sp³-hybridized carbons (Fsp3) is 0.235. The van der Waals surface area contributed by atoms with Crippen LogP contribution in [0.4, 0.5) is 0 Å². The molecule has 0 saturated heterocycles. The van der Waals surface area contributed by atoms with Gasteiger partial charge >= 0.3 is 0 Å². The molecule has 0 aliphatic rings. The van der Waals surface area contributed by atoms with Gasteiger partial charge in [0.05, 0.1) is 7.11 Å². The Morgan fingerprint density at radius 1 is 1.11 bits per heavy atom. The van der Waals surface area contributed by atoms with Crippen LogP contribution in [0.15, 0.2) is 48.5 Å². The molecule has 0 radical (unpaired) electrons. The summed E-state index contributed by atoms with van der Waals surface area (Å²) in [5.74, 6) is 1.02. The Kier molecular flexibility index (Phi) is 4.35. The number of hydrogen-bond acceptors (Lipinski definition) is 2. The van der Waals surface area contributed by atoms with E-state index in [1.165, 1.54) is 0 Å². The van der Waals surface area contributed by atoms with Gasteiger partial charge in [0.1, 0.15) is 5.75 Å². The third-order valence-electron chi connectivity index (χ3n) is 3.15. The average molecular weight is 254 g/mol. The maximum Gasteiger partial charge on any atom is 0.163 e. The number of carbonyl (C=O) groups is 1. The summed E-state index contributed by atoms with van der Waals surface area (Å²) in [5.41, 5.74) is 2.98. The van der Waals surface area contributed by atoms with E-state index < -0.39 is 0 Å². The summed E-state index contributed by atoms with van der Waals surface area (Å²) in [6, 6.07) is 15.6. The third kappa shape index (κ3) is 3.44. The molecule has 2 aromatic rings. The lowest BCUT2D eigenvalue weighted by Crippen LogP contribution is -2.02. The summed E-state index contributed by atoms with van der Waals surface area (Å²) in [5, 5.41) is 0. The topological polar surface area (TPSA) is 26.3 Å². The second kappa shape index (κ2) is 6.19. The van der Waals surface area contributed by atoms with Crippen LogP contribution < -0.4 is 4.74 Å². The number of carbonyl (C=O) groups excluding carboxylic acids is 1. The first-order valence-corrected chi connectivity index (χ1v) is 6.42. The Bertz CT molecular complexity index is 573. The molecular weight excluding hydrogens is 236 g/mol. The number of aryl methyl sites for hydroxylation is 2. The molecule has 0 aliphatic carbocycles. The van der Waals surface area contributed by atoms with Crippen molar-refractivity contribution in [1.29, 1.82) is 0 Å². The normalized spacial score (nSPS) is 10.2. The molecule has 0 spiro atoms. The van der Waals surface area contributed by atoms with Crippen molar-refractivity contribution in [2.45, 2.75) is 19.8 Å². The van der Waals surface area contributed by atoms with Crippen molar-refractivity contribution in [3.63, 3.8) is 0 Å². The van der Waals surface area contributed by atoms with Gasteiger partial charge in [0.15, 0.2) is 5.78 Å². The van der Waals surface area contributed by atoms with Crippen LogP contribution in [0.1, 0.15) is 27.9 Å². The van der Waals surface area contributed by atoms with E-state index in [9.17, 15) is 4.79 Å².